The molecule has 1 atom stereocenters. The number of aliphatic hydroxyl groups excluding tert-OH is 1. The van der Waals surface area contributed by atoms with E-state index in [0.29, 0.717) is 17.8 Å². The van der Waals surface area contributed by atoms with Gasteiger partial charge in [0.25, 0.3) is 11.7 Å². The van der Waals surface area contributed by atoms with Crippen LogP contribution in [0.25, 0.3) is 5.76 Å². The molecule has 0 bridgehead atoms. The third kappa shape index (κ3) is 4.44. The van der Waals surface area contributed by atoms with Gasteiger partial charge in [0, 0.05) is 18.3 Å². The Kier molecular flexibility index (Phi) is 7.00. The molecule has 2 aromatic rings. The summed E-state index contributed by atoms with van der Waals surface area (Å²) >= 11 is 0. The highest BCUT2D eigenvalue weighted by Crippen LogP contribution is 2.38. The fourth-order valence-electron chi connectivity index (χ4n) is 3.83. The molecule has 0 saturated carbocycles. The molecule has 2 heterocycles. The summed E-state index contributed by atoms with van der Waals surface area (Å²) in [6.45, 7) is 9.29. The van der Waals surface area contributed by atoms with Crippen LogP contribution in [0.3, 0.4) is 0 Å². The number of carbonyl (C=O) groups is 2. The summed E-state index contributed by atoms with van der Waals surface area (Å²) in [4.78, 5) is 34.1. The summed E-state index contributed by atoms with van der Waals surface area (Å²) < 4.78 is 0. The molecule has 0 radical (unpaired) electrons. The molecule has 1 aliphatic heterocycles. The van der Waals surface area contributed by atoms with Crippen molar-refractivity contribution in [2.24, 2.45) is 0 Å². The first-order valence-corrected chi connectivity index (χ1v) is 10.5. The van der Waals surface area contributed by atoms with Crippen molar-refractivity contribution in [3.05, 3.63) is 71.1 Å². The number of aliphatic hydroxyl groups is 1. The number of benzene rings is 1. The van der Waals surface area contributed by atoms with Crippen LogP contribution in [0.5, 0.6) is 0 Å². The maximum absolute atomic E-state index is 12.9. The number of aryl methyl sites for hydroxylation is 1. The highest BCUT2D eigenvalue weighted by molar-refractivity contribution is 6.46. The average Bonchev–Trinajstić information content (AvgIpc) is 3.02. The van der Waals surface area contributed by atoms with Crippen molar-refractivity contribution >= 4 is 17.4 Å². The molecule has 1 aromatic carbocycles. The molecular weight excluding hydrogens is 378 g/mol. The van der Waals surface area contributed by atoms with Crippen LogP contribution in [-0.4, -0.2) is 57.8 Å². The SMILES string of the molecule is CCN(CC)CCCN1C(=O)C(=O)/C(=C(/O)c2ccc(C)cc2)[C@H]1c1ccccn1. The molecule has 1 fully saturated rings. The second kappa shape index (κ2) is 9.67. The highest BCUT2D eigenvalue weighted by atomic mass is 16.3. The van der Waals surface area contributed by atoms with E-state index in [-0.39, 0.29) is 11.3 Å². The van der Waals surface area contributed by atoms with Gasteiger partial charge in [-0.25, -0.2) is 0 Å². The molecule has 6 nitrogen and oxygen atoms in total. The molecule has 1 amide bonds. The first-order chi connectivity index (χ1) is 14.5. The zero-order valence-electron chi connectivity index (χ0n) is 17.8. The Hall–Kier alpha value is -2.99. The van der Waals surface area contributed by atoms with Gasteiger partial charge in [-0.15, -0.1) is 0 Å². The van der Waals surface area contributed by atoms with Crippen LogP contribution in [0.4, 0.5) is 0 Å². The quantitative estimate of drug-likeness (QED) is 0.412. The Morgan fingerprint density at radius 3 is 2.40 bits per heavy atom. The zero-order valence-corrected chi connectivity index (χ0v) is 17.8. The van der Waals surface area contributed by atoms with E-state index in [2.05, 4.69) is 23.7 Å². The molecule has 0 aliphatic carbocycles. The van der Waals surface area contributed by atoms with Crippen LogP contribution in [0.15, 0.2) is 54.2 Å². The van der Waals surface area contributed by atoms with E-state index >= 15 is 0 Å². The van der Waals surface area contributed by atoms with E-state index in [1.165, 1.54) is 0 Å². The lowest BCUT2D eigenvalue weighted by Gasteiger charge is -2.26. The monoisotopic (exact) mass is 407 g/mol. The molecule has 6 heteroatoms. The maximum Gasteiger partial charge on any atom is 0.295 e. The predicted molar refractivity (Wildman–Crippen MR) is 117 cm³/mol. The lowest BCUT2D eigenvalue weighted by Crippen LogP contribution is -2.33. The van der Waals surface area contributed by atoms with Crippen molar-refractivity contribution in [2.45, 2.75) is 33.2 Å². The zero-order chi connectivity index (χ0) is 21.7. The second-order valence-electron chi connectivity index (χ2n) is 7.49. The van der Waals surface area contributed by atoms with E-state index in [0.717, 1.165) is 31.6 Å². The van der Waals surface area contributed by atoms with Gasteiger partial charge in [0.15, 0.2) is 0 Å². The number of pyridine rings is 1. The number of likely N-dealkylation sites (tertiary alicyclic amines) is 1. The lowest BCUT2D eigenvalue weighted by molar-refractivity contribution is -0.140. The minimum atomic E-state index is -0.691. The van der Waals surface area contributed by atoms with Crippen molar-refractivity contribution in [3.63, 3.8) is 0 Å². The standard InChI is InChI=1S/C24H29N3O3/c1-4-26(5-2)15-8-16-27-21(19-9-6-7-14-25-19)20(23(29)24(27)30)22(28)18-12-10-17(3)11-13-18/h6-7,9-14,21,28H,4-5,8,15-16H2,1-3H3/b22-20+/t21-/m1/s1. The van der Waals surface area contributed by atoms with Crippen LogP contribution in [0.2, 0.25) is 0 Å². The molecule has 1 aromatic heterocycles. The van der Waals surface area contributed by atoms with E-state index in [9.17, 15) is 14.7 Å². The first-order valence-electron chi connectivity index (χ1n) is 10.5. The smallest absolute Gasteiger partial charge is 0.295 e. The number of aromatic nitrogens is 1. The Balaban J connectivity index is 1.99. The number of Topliss-reactive ketones (excluding diaryl/α,β-unsaturated/α-hetero) is 1. The third-order valence-corrected chi connectivity index (χ3v) is 5.60. The van der Waals surface area contributed by atoms with Crippen molar-refractivity contribution < 1.29 is 14.7 Å². The minimum Gasteiger partial charge on any atom is -0.507 e. The fraction of sp³-hybridized carbons (Fsp3) is 0.375. The average molecular weight is 408 g/mol. The van der Waals surface area contributed by atoms with Crippen LogP contribution in [-0.2, 0) is 9.59 Å². The molecular formula is C24H29N3O3. The van der Waals surface area contributed by atoms with Crippen LogP contribution >= 0.6 is 0 Å². The van der Waals surface area contributed by atoms with Gasteiger partial charge in [-0.05, 0) is 45.1 Å². The largest absolute Gasteiger partial charge is 0.507 e. The molecule has 1 N–H and O–H groups in total. The normalized spacial score (nSPS) is 18.4. The number of amides is 1. The van der Waals surface area contributed by atoms with E-state index in [1.54, 1.807) is 35.4 Å². The Morgan fingerprint density at radius 1 is 1.10 bits per heavy atom. The third-order valence-electron chi connectivity index (χ3n) is 5.60. The van der Waals surface area contributed by atoms with E-state index in [4.69, 9.17) is 0 Å². The van der Waals surface area contributed by atoms with Gasteiger partial charge in [-0.3, -0.25) is 14.6 Å². The summed E-state index contributed by atoms with van der Waals surface area (Å²) in [6.07, 6.45) is 2.37. The summed E-state index contributed by atoms with van der Waals surface area (Å²) in [5.74, 6) is -1.40. The number of carbonyl (C=O) groups excluding carboxylic acids is 2. The molecule has 3 rings (SSSR count). The van der Waals surface area contributed by atoms with Crippen molar-refractivity contribution in [2.75, 3.05) is 26.2 Å². The van der Waals surface area contributed by atoms with Crippen LogP contribution in [0, 0.1) is 6.92 Å². The van der Waals surface area contributed by atoms with Gasteiger partial charge >= 0.3 is 0 Å². The first kappa shape index (κ1) is 21.7. The number of hydrogen-bond donors (Lipinski definition) is 1. The maximum atomic E-state index is 12.9. The molecule has 1 saturated heterocycles. The second-order valence-corrected chi connectivity index (χ2v) is 7.49. The van der Waals surface area contributed by atoms with Crippen molar-refractivity contribution in [3.8, 4) is 0 Å². The summed E-state index contributed by atoms with van der Waals surface area (Å²) in [5.41, 5.74) is 2.24. The van der Waals surface area contributed by atoms with Crippen LogP contribution in [0.1, 0.15) is 43.1 Å². The summed E-state index contributed by atoms with van der Waals surface area (Å²) in [7, 11) is 0. The van der Waals surface area contributed by atoms with Crippen LogP contribution < -0.4 is 0 Å². The van der Waals surface area contributed by atoms with E-state index in [1.807, 2.05) is 25.1 Å². The molecule has 1 aliphatic rings. The molecule has 158 valence electrons. The van der Waals surface area contributed by atoms with Crippen molar-refractivity contribution in [1.29, 1.82) is 0 Å². The molecule has 0 unspecified atom stereocenters. The van der Waals surface area contributed by atoms with Gasteiger partial charge < -0.3 is 14.9 Å². The van der Waals surface area contributed by atoms with Gasteiger partial charge in [-0.2, -0.15) is 0 Å². The lowest BCUT2D eigenvalue weighted by atomic mass is 9.98. The molecule has 0 spiro atoms. The van der Waals surface area contributed by atoms with Crippen molar-refractivity contribution in [1.82, 2.24) is 14.8 Å². The number of hydrogen-bond acceptors (Lipinski definition) is 5. The fourth-order valence-corrected chi connectivity index (χ4v) is 3.83. The number of rotatable bonds is 8. The van der Waals surface area contributed by atoms with Gasteiger partial charge in [0.2, 0.25) is 0 Å². The Labute approximate surface area is 177 Å². The van der Waals surface area contributed by atoms with Gasteiger partial charge in [-0.1, -0.05) is 49.7 Å². The number of ketones is 1. The van der Waals surface area contributed by atoms with Gasteiger partial charge in [0.1, 0.15) is 11.8 Å². The predicted octanol–water partition coefficient (Wildman–Crippen LogP) is 3.54. The Bertz CT molecular complexity index is 918. The topological polar surface area (TPSA) is 73.7 Å². The highest BCUT2D eigenvalue weighted by Gasteiger charge is 2.46. The summed E-state index contributed by atoms with van der Waals surface area (Å²) in [5, 5.41) is 11.0. The Morgan fingerprint density at radius 2 is 1.80 bits per heavy atom. The van der Waals surface area contributed by atoms with E-state index < -0.39 is 17.7 Å². The molecule has 30 heavy (non-hydrogen) atoms. The minimum absolute atomic E-state index is 0.102. The van der Waals surface area contributed by atoms with Gasteiger partial charge in [0.05, 0.1) is 11.3 Å². The summed E-state index contributed by atoms with van der Waals surface area (Å²) in [6, 6.07) is 12.0. The number of nitrogens with zero attached hydrogens (tertiary/aromatic N) is 3.